The molecule has 25 heavy (non-hydrogen) atoms. The van der Waals surface area contributed by atoms with E-state index in [-0.39, 0.29) is 23.5 Å². The van der Waals surface area contributed by atoms with Gasteiger partial charge in [-0.1, -0.05) is 12.1 Å². The van der Waals surface area contributed by atoms with E-state index in [2.05, 4.69) is 10.0 Å². The Kier molecular flexibility index (Phi) is 6.49. The molecule has 0 aromatic heterocycles. The molecule has 8 heteroatoms. The third kappa shape index (κ3) is 5.27. The smallest absolute Gasteiger partial charge is 0.254 e. The second kappa shape index (κ2) is 8.59. The molecule has 0 aliphatic carbocycles. The summed E-state index contributed by atoms with van der Waals surface area (Å²) in [7, 11) is -2.13. The van der Waals surface area contributed by atoms with Crippen molar-refractivity contribution in [3.05, 3.63) is 59.9 Å². The van der Waals surface area contributed by atoms with Crippen LogP contribution >= 0.6 is 0 Å². The Hall–Kier alpha value is -2.45. The average molecular weight is 366 g/mol. The number of carbonyl (C=O) groups excluding carboxylic acids is 1. The lowest BCUT2D eigenvalue weighted by Crippen LogP contribution is -2.30. The standard InChI is InChI=1S/C17H19FN2O4S/c1-24-13-7-9-14(10-8-13)25(22,23)20-12-4-11-19-17(21)15-5-2-3-6-16(15)18/h2-3,5-10,20H,4,11-12H2,1H3,(H,19,21). The van der Waals surface area contributed by atoms with Crippen LogP contribution in [0.25, 0.3) is 0 Å². The van der Waals surface area contributed by atoms with Crippen LogP contribution in [0.15, 0.2) is 53.4 Å². The molecule has 0 atom stereocenters. The summed E-state index contributed by atoms with van der Waals surface area (Å²) in [6.45, 7) is 0.365. The van der Waals surface area contributed by atoms with Crippen molar-refractivity contribution in [1.29, 1.82) is 0 Å². The summed E-state index contributed by atoms with van der Waals surface area (Å²) in [4.78, 5) is 11.9. The molecule has 0 radical (unpaired) electrons. The molecule has 134 valence electrons. The Morgan fingerprint density at radius 2 is 1.76 bits per heavy atom. The lowest BCUT2D eigenvalue weighted by atomic mass is 10.2. The minimum absolute atomic E-state index is 0.0405. The van der Waals surface area contributed by atoms with Crippen LogP contribution < -0.4 is 14.8 Å². The van der Waals surface area contributed by atoms with Crippen molar-refractivity contribution >= 4 is 15.9 Å². The highest BCUT2D eigenvalue weighted by molar-refractivity contribution is 7.89. The maximum absolute atomic E-state index is 13.5. The van der Waals surface area contributed by atoms with E-state index in [1.807, 2.05) is 0 Å². The van der Waals surface area contributed by atoms with Gasteiger partial charge >= 0.3 is 0 Å². The maximum Gasteiger partial charge on any atom is 0.254 e. The van der Waals surface area contributed by atoms with E-state index in [0.29, 0.717) is 12.2 Å². The van der Waals surface area contributed by atoms with Gasteiger partial charge in [0.1, 0.15) is 11.6 Å². The van der Waals surface area contributed by atoms with Crippen LogP contribution in [0.2, 0.25) is 0 Å². The summed E-state index contributed by atoms with van der Waals surface area (Å²) in [5.41, 5.74) is -0.0405. The van der Waals surface area contributed by atoms with E-state index < -0.39 is 21.7 Å². The van der Waals surface area contributed by atoms with Gasteiger partial charge in [-0.05, 0) is 42.8 Å². The zero-order valence-corrected chi connectivity index (χ0v) is 14.5. The normalized spacial score (nSPS) is 11.1. The van der Waals surface area contributed by atoms with Crippen LogP contribution in [-0.4, -0.2) is 34.5 Å². The zero-order chi connectivity index (χ0) is 18.3. The van der Waals surface area contributed by atoms with Gasteiger partial charge in [0.2, 0.25) is 10.0 Å². The highest BCUT2D eigenvalue weighted by atomic mass is 32.2. The van der Waals surface area contributed by atoms with Crippen LogP contribution in [0.5, 0.6) is 5.75 Å². The molecule has 2 aromatic carbocycles. The number of rotatable bonds is 8. The summed E-state index contributed by atoms with van der Waals surface area (Å²) >= 11 is 0. The SMILES string of the molecule is COc1ccc(S(=O)(=O)NCCCNC(=O)c2ccccc2F)cc1. The molecule has 0 heterocycles. The predicted octanol–water partition coefficient (Wildman–Crippen LogP) is 1.93. The molecule has 0 aliphatic rings. The number of hydrogen-bond acceptors (Lipinski definition) is 4. The van der Waals surface area contributed by atoms with E-state index in [9.17, 15) is 17.6 Å². The van der Waals surface area contributed by atoms with Crippen molar-refractivity contribution in [2.75, 3.05) is 20.2 Å². The molecule has 0 saturated heterocycles. The number of halogens is 1. The fourth-order valence-electron chi connectivity index (χ4n) is 2.08. The van der Waals surface area contributed by atoms with Crippen molar-refractivity contribution in [2.45, 2.75) is 11.3 Å². The topological polar surface area (TPSA) is 84.5 Å². The quantitative estimate of drug-likeness (QED) is 0.699. The average Bonchev–Trinajstić information content (AvgIpc) is 2.61. The Morgan fingerprint density at radius 3 is 2.40 bits per heavy atom. The summed E-state index contributed by atoms with van der Waals surface area (Å²) in [6.07, 6.45) is 0.371. The highest BCUT2D eigenvalue weighted by Crippen LogP contribution is 2.15. The molecular weight excluding hydrogens is 347 g/mol. The number of hydrogen-bond donors (Lipinski definition) is 2. The van der Waals surface area contributed by atoms with Crippen LogP contribution in [-0.2, 0) is 10.0 Å². The minimum atomic E-state index is -3.62. The Morgan fingerprint density at radius 1 is 1.08 bits per heavy atom. The monoisotopic (exact) mass is 366 g/mol. The minimum Gasteiger partial charge on any atom is -0.497 e. The first kappa shape index (κ1) is 18.9. The van der Waals surface area contributed by atoms with Gasteiger partial charge in [0.15, 0.2) is 0 Å². The van der Waals surface area contributed by atoms with E-state index in [1.165, 1.54) is 37.4 Å². The number of amides is 1. The van der Waals surface area contributed by atoms with Gasteiger partial charge in [-0.3, -0.25) is 4.79 Å². The van der Waals surface area contributed by atoms with Crippen molar-refractivity contribution in [1.82, 2.24) is 10.0 Å². The van der Waals surface area contributed by atoms with Crippen molar-refractivity contribution < 1.29 is 22.3 Å². The van der Waals surface area contributed by atoms with Gasteiger partial charge in [0, 0.05) is 13.1 Å². The Balaban J connectivity index is 1.78. The zero-order valence-electron chi connectivity index (χ0n) is 13.7. The molecule has 2 rings (SSSR count). The molecule has 0 spiro atoms. The summed E-state index contributed by atoms with van der Waals surface area (Å²) in [5.74, 6) is -0.564. The number of sulfonamides is 1. The van der Waals surface area contributed by atoms with Crippen LogP contribution in [0.1, 0.15) is 16.8 Å². The summed E-state index contributed by atoms with van der Waals surface area (Å²) < 4.78 is 45.1. The molecule has 0 unspecified atom stereocenters. The maximum atomic E-state index is 13.5. The number of nitrogens with one attached hydrogen (secondary N) is 2. The van der Waals surface area contributed by atoms with Crippen LogP contribution in [0.4, 0.5) is 4.39 Å². The molecule has 2 N–H and O–H groups in total. The Bertz CT molecular complexity index is 823. The molecule has 0 bridgehead atoms. The largest absolute Gasteiger partial charge is 0.497 e. The number of carbonyl (C=O) groups is 1. The fraction of sp³-hybridized carbons (Fsp3) is 0.235. The summed E-state index contributed by atoms with van der Waals surface area (Å²) in [5, 5.41) is 2.55. The lowest BCUT2D eigenvalue weighted by Gasteiger charge is -2.09. The third-order valence-corrected chi connectivity index (χ3v) is 4.90. The van der Waals surface area contributed by atoms with E-state index in [4.69, 9.17) is 4.74 Å². The number of ether oxygens (including phenoxy) is 1. The number of methoxy groups -OCH3 is 1. The van der Waals surface area contributed by atoms with Crippen LogP contribution in [0.3, 0.4) is 0 Å². The van der Waals surface area contributed by atoms with Crippen molar-refractivity contribution in [3.8, 4) is 5.75 Å². The third-order valence-electron chi connectivity index (χ3n) is 3.42. The second-order valence-corrected chi connectivity index (χ2v) is 6.93. The van der Waals surface area contributed by atoms with Crippen LogP contribution in [0, 0.1) is 5.82 Å². The lowest BCUT2D eigenvalue weighted by molar-refractivity contribution is 0.0949. The van der Waals surface area contributed by atoms with E-state index >= 15 is 0 Å². The first-order valence-corrected chi connectivity index (χ1v) is 9.09. The summed E-state index contributed by atoms with van der Waals surface area (Å²) in [6, 6.07) is 11.7. The number of benzene rings is 2. The highest BCUT2D eigenvalue weighted by Gasteiger charge is 2.13. The molecular formula is C17H19FN2O4S. The van der Waals surface area contributed by atoms with Gasteiger partial charge in [-0.2, -0.15) is 0 Å². The van der Waals surface area contributed by atoms with Gasteiger partial charge in [-0.15, -0.1) is 0 Å². The molecule has 2 aromatic rings. The fourth-order valence-corrected chi connectivity index (χ4v) is 3.15. The van der Waals surface area contributed by atoms with Crippen molar-refractivity contribution in [2.24, 2.45) is 0 Å². The van der Waals surface area contributed by atoms with Crippen molar-refractivity contribution in [3.63, 3.8) is 0 Å². The molecule has 0 fully saturated rings. The van der Waals surface area contributed by atoms with Gasteiger partial charge < -0.3 is 10.1 Å². The first-order chi connectivity index (χ1) is 11.9. The molecule has 0 saturated carbocycles. The molecule has 1 amide bonds. The van der Waals surface area contributed by atoms with Gasteiger partial charge in [-0.25, -0.2) is 17.5 Å². The second-order valence-electron chi connectivity index (χ2n) is 5.16. The van der Waals surface area contributed by atoms with E-state index in [0.717, 1.165) is 0 Å². The molecule has 6 nitrogen and oxygen atoms in total. The Labute approximate surface area is 146 Å². The first-order valence-electron chi connectivity index (χ1n) is 7.60. The molecule has 0 aliphatic heterocycles. The predicted molar refractivity (Wildman–Crippen MR) is 91.5 cm³/mol. The van der Waals surface area contributed by atoms with E-state index in [1.54, 1.807) is 18.2 Å². The van der Waals surface area contributed by atoms with Gasteiger partial charge in [0.25, 0.3) is 5.91 Å². The van der Waals surface area contributed by atoms with Gasteiger partial charge in [0.05, 0.1) is 17.6 Å².